The van der Waals surface area contributed by atoms with E-state index in [4.69, 9.17) is 11.6 Å². The van der Waals surface area contributed by atoms with Crippen molar-refractivity contribution in [2.45, 2.75) is 44.8 Å². The summed E-state index contributed by atoms with van der Waals surface area (Å²) in [7, 11) is -4.38. The average Bonchev–Trinajstić information content (AvgIpc) is 2.51. The predicted octanol–water partition coefficient (Wildman–Crippen LogP) is 4.89. The van der Waals surface area contributed by atoms with Crippen molar-refractivity contribution in [1.82, 2.24) is 4.72 Å². The Labute approximate surface area is 168 Å². The molecule has 0 heterocycles. The summed E-state index contributed by atoms with van der Waals surface area (Å²) >= 11 is 5.88. The second-order valence-corrected chi connectivity index (χ2v) is 8.87. The number of halogens is 4. The Hall–Kier alpha value is -1.77. The highest BCUT2D eigenvalue weighted by molar-refractivity contribution is 7.89. The largest absolute Gasteiger partial charge is 0.406 e. The van der Waals surface area contributed by atoms with Crippen LogP contribution in [0.5, 0.6) is 0 Å². The molecule has 0 fully saturated rings. The van der Waals surface area contributed by atoms with E-state index in [-0.39, 0.29) is 4.90 Å². The van der Waals surface area contributed by atoms with Crippen LogP contribution < -0.4 is 10.0 Å². The highest BCUT2D eigenvalue weighted by Gasteiger charge is 2.42. The Morgan fingerprint density at radius 3 is 2.11 bits per heavy atom. The summed E-state index contributed by atoms with van der Waals surface area (Å²) in [5.74, 6) is 0. The molecule has 2 rings (SSSR count). The molecule has 1 unspecified atom stereocenters. The first-order valence-electron chi connectivity index (χ1n) is 8.48. The summed E-state index contributed by atoms with van der Waals surface area (Å²) in [6.07, 6.45) is -4.78. The van der Waals surface area contributed by atoms with E-state index in [0.717, 1.165) is 5.56 Å². The topological polar surface area (TPSA) is 58.2 Å². The van der Waals surface area contributed by atoms with Crippen LogP contribution in [0.3, 0.4) is 0 Å². The first kappa shape index (κ1) is 22.5. The normalized spacial score (nSPS) is 13.4. The number of hydrogen-bond donors (Lipinski definition) is 2. The molecule has 28 heavy (non-hydrogen) atoms. The van der Waals surface area contributed by atoms with E-state index >= 15 is 0 Å². The number of hydrogen-bond acceptors (Lipinski definition) is 3. The van der Waals surface area contributed by atoms with Crippen molar-refractivity contribution in [3.05, 3.63) is 57.6 Å². The van der Waals surface area contributed by atoms with Crippen molar-refractivity contribution in [3.8, 4) is 0 Å². The van der Waals surface area contributed by atoms with E-state index in [0.29, 0.717) is 27.4 Å². The van der Waals surface area contributed by atoms with Crippen molar-refractivity contribution < 1.29 is 21.6 Å². The van der Waals surface area contributed by atoms with Crippen molar-refractivity contribution in [1.29, 1.82) is 0 Å². The second-order valence-electron chi connectivity index (χ2n) is 6.78. The minimum atomic E-state index is -4.78. The highest BCUT2D eigenvalue weighted by atomic mass is 35.5. The lowest BCUT2D eigenvalue weighted by Gasteiger charge is -2.24. The zero-order valence-corrected chi connectivity index (χ0v) is 17.5. The van der Waals surface area contributed by atoms with Gasteiger partial charge >= 0.3 is 6.18 Å². The molecule has 2 aromatic carbocycles. The number of aryl methyl sites for hydroxylation is 4. The third-order valence-corrected chi connectivity index (χ3v) is 6.27. The van der Waals surface area contributed by atoms with Crippen LogP contribution in [-0.4, -0.2) is 27.2 Å². The molecule has 0 saturated heterocycles. The summed E-state index contributed by atoms with van der Waals surface area (Å²) in [6, 6.07) is 5.71. The molecule has 0 aliphatic rings. The maximum absolute atomic E-state index is 13.5. The predicted molar refractivity (Wildman–Crippen MR) is 105 cm³/mol. The van der Waals surface area contributed by atoms with Crippen LogP contribution in [0.15, 0.2) is 35.2 Å². The molecule has 0 aromatic heterocycles. The van der Waals surface area contributed by atoms with E-state index in [1.807, 2.05) is 0 Å². The van der Waals surface area contributed by atoms with Crippen LogP contribution in [0.2, 0.25) is 5.02 Å². The lowest BCUT2D eigenvalue weighted by atomic mass is 10.1. The summed E-state index contributed by atoms with van der Waals surface area (Å²) < 4.78 is 67.8. The van der Waals surface area contributed by atoms with E-state index in [2.05, 4.69) is 5.32 Å². The second kappa shape index (κ2) is 8.31. The monoisotopic (exact) mass is 434 g/mol. The fourth-order valence-corrected chi connectivity index (χ4v) is 4.90. The standard InChI is InChI=1S/C19H22ClF3N2O2S/c1-11-7-13(3)18(14(4)8-11)28(26,27)25-17(19(21,22)23)10-24-16-9-15(20)6-5-12(16)2/h5-9,17,24-25H,10H2,1-4H3. The number of anilines is 1. The van der Waals surface area contributed by atoms with Gasteiger partial charge in [0.2, 0.25) is 10.0 Å². The van der Waals surface area contributed by atoms with Gasteiger partial charge in [-0.05, 0) is 56.5 Å². The van der Waals surface area contributed by atoms with Gasteiger partial charge in [0.1, 0.15) is 6.04 Å². The van der Waals surface area contributed by atoms with Gasteiger partial charge in [0.25, 0.3) is 0 Å². The van der Waals surface area contributed by atoms with Crippen LogP contribution in [0.25, 0.3) is 0 Å². The first-order valence-corrected chi connectivity index (χ1v) is 10.3. The van der Waals surface area contributed by atoms with Gasteiger partial charge in [-0.3, -0.25) is 0 Å². The smallest absolute Gasteiger partial charge is 0.383 e. The Morgan fingerprint density at radius 1 is 1.00 bits per heavy atom. The van der Waals surface area contributed by atoms with Gasteiger partial charge in [-0.25, -0.2) is 8.42 Å². The minimum Gasteiger partial charge on any atom is -0.383 e. The number of sulfonamides is 1. The maximum atomic E-state index is 13.5. The average molecular weight is 435 g/mol. The molecule has 0 radical (unpaired) electrons. The number of benzene rings is 2. The third kappa shape index (κ3) is 5.40. The lowest BCUT2D eigenvalue weighted by Crippen LogP contribution is -2.49. The van der Waals surface area contributed by atoms with Gasteiger partial charge in [0.15, 0.2) is 0 Å². The molecule has 2 N–H and O–H groups in total. The van der Waals surface area contributed by atoms with Gasteiger partial charge in [0.05, 0.1) is 4.90 Å². The third-order valence-electron chi connectivity index (χ3n) is 4.26. The lowest BCUT2D eigenvalue weighted by molar-refractivity contribution is -0.148. The molecule has 0 aliphatic carbocycles. The first-order chi connectivity index (χ1) is 12.8. The van der Waals surface area contributed by atoms with Crippen molar-refractivity contribution in [2.75, 3.05) is 11.9 Å². The number of rotatable bonds is 6. The molecule has 154 valence electrons. The van der Waals surface area contributed by atoms with E-state index in [9.17, 15) is 21.6 Å². The van der Waals surface area contributed by atoms with Crippen LogP contribution in [-0.2, 0) is 10.0 Å². The molecule has 0 aliphatic heterocycles. The SMILES string of the molecule is Cc1cc(C)c(S(=O)(=O)NC(CNc2cc(Cl)ccc2C)C(F)(F)F)c(C)c1. The minimum absolute atomic E-state index is 0.133. The van der Waals surface area contributed by atoms with Crippen LogP contribution in [0.4, 0.5) is 18.9 Å². The van der Waals surface area contributed by atoms with Crippen LogP contribution >= 0.6 is 11.6 Å². The van der Waals surface area contributed by atoms with Crippen LogP contribution in [0, 0.1) is 27.7 Å². The van der Waals surface area contributed by atoms with Crippen molar-refractivity contribution in [3.63, 3.8) is 0 Å². The highest BCUT2D eigenvalue weighted by Crippen LogP contribution is 2.27. The van der Waals surface area contributed by atoms with Crippen LogP contribution in [0.1, 0.15) is 22.3 Å². The molecule has 0 bridgehead atoms. The quantitative estimate of drug-likeness (QED) is 0.680. The molecule has 2 aromatic rings. The van der Waals surface area contributed by atoms with E-state index < -0.39 is 28.8 Å². The molecular formula is C19H22ClF3N2O2S. The van der Waals surface area contributed by atoms with Gasteiger partial charge in [0, 0.05) is 17.3 Å². The molecule has 0 saturated carbocycles. The molecule has 0 spiro atoms. The summed E-state index contributed by atoms with van der Waals surface area (Å²) in [5, 5.41) is 3.01. The molecule has 1 atom stereocenters. The van der Waals surface area contributed by atoms with Gasteiger partial charge in [-0.1, -0.05) is 35.4 Å². The fraction of sp³-hybridized carbons (Fsp3) is 0.368. The van der Waals surface area contributed by atoms with Gasteiger partial charge < -0.3 is 5.32 Å². The fourth-order valence-electron chi connectivity index (χ4n) is 3.06. The molecule has 9 heteroatoms. The van der Waals surface area contributed by atoms with Crippen molar-refractivity contribution >= 4 is 27.3 Å². The summed E-state index contributed by atoms with van der Waals surface area (Å²) in [6.45, 7) is 5.95. The van der Waals surface area contributed by atoms with E-state index in [1.54, 1.807) is 56.7 Å². The molecular weight excluding hydrogens is 413 g/mol. The van der Waals surface area contributed by atoms with E-state index in [1.165, 1.54) is 6.07 Å². The number of nitrogens with one attached hydrogen (secondary N) is 2. The van der Waals surface area contributed by atoms with Gasteiger partial charge in [-0.2, -0.15) is 17.9 Å². The number of alkyl halides is 3. The summed E-state index contributed by atoms with van der Waals surface area (Å²) in [5.41, 5.74) is 2.72. The zero-order valence-electron chi connectivity index (χ0n) is 15.9. The Morgan fingerprint density at radius 2 is 1.57 bits per heavy atom. The Kier molecular flexibility index (Phi) is 6.68. The maximum Gasteiger partial charge on any atom is 0.406 e. The molecule has 4 nitrogen and oxygen atoms in total. The van der Waals surface area contributed by atoms with Crippen molar-refractivity contribution in [2.24, 2.45) is 0 Å². The Bertz CT molecular complexity index is 953. The molecule has 0 amide bonds. The Balaban J connectivity index is 2.31. The summed E-state index contributed by atoms with van der Waals surface area (Å²) in [4.78, 5) is -0.133. The van der Waals surface area contributed by atoms with Gasteiger partial charge in [-0.15, -0.1) is 0 Å². The zero-order chi connectivity index (χ0) is 21.3.